The number of ether oxygens (including phenoxy) is 1. The van der Waals surface area contributed by atoms with Gasteiger partial charge in [-0.2, -0.15) is 0 Å². The number of para-hydroxylation sites is 1. The first-order valence-electron chi connectivity index (χ1n) is 8.53. The van der Waals surface area contributed by atoms with Crippen LogP contribution in [0.4, 0.5) is 5.69 Å². The molecule has 3 rings (SSSR count). The third kappa shape index (κ3) is 3.25. The second-order valence-corrected chi connectivity index (χ2v) is 6.09. The van der Waals surface area contributed by atoms with Crippen LogP contribution < -0.4 is 4.90 Å². The van der Waals surface area contributed by atoms with Gasteiger partial charge in [0.05, 0.1) is 5.52 Å². The molecule has 1 aliphatic heterocycles. The van der Waals surface area contributed by atoms with E-state index in [-0.39, 0.29) is 0 Å². The van der Waals surface area contributed by atoms with Crippen molar-refractivity contribution < 1.29 is 4.74 Å². The summed E-state index contributed by atoms with van der Waals surface area (Å²) in [7, 11) is 0. The molecule has 1 fully saturated rings. The van der Waals surface area contributed by atoms with Crippen LogP contribution in [0.3, 0.4) is 0 Å². The van der Waals surface area contributed by atoms with Crippen LogP contribution in [0.25, 0.3) is 10.9 Å². The summed E-state index contributed by atoms with van der Waals surface area (Å²) in [4.78, 5) is 7.29. The molecule has 1 aromatic carbocycles. The molecule has 0 atom stereocenters. The van der Waals surface area contributed by atoms with E-state index in [0.29, 0.717) is 0 Å². The molecule has 1 aliphatic rings. The number of pyridine rings is 1. The number of fused-ring (bicyclic) bond motifs is 1. The largest absolute Gasteiger partial charge is 0.381 e. The van der Waals surface area contributed by atoms with Crippen molar-refractivity contribution in [3.05, 3.63) is 36.0 Å². The van der Waals surface area contributed by atoms with Gasteiger partial charge in [-0.05, 0) is 44.2 Å². The SMILES string of the molecule is CCOCC1CCN(c2cc(CC)nc3ccccc23)CC1. The van der Waals surface area contributed by atoms with Crippen molar-refractivity contribution in [1.82, 2.24) is 4.98 Å². The molecule has 0 aliphatic carbocycles. The molecule has 0 N–H and O–H groups in total. The first kappa shape index (κ1) is 15.3. The average molecular weight is 298 g/mol. The van der Waals surface area contributed by atoms with Crippen LogP contribution in [0, 0.1) is 5.92 Å². The molecule has 2 heterocycles. The van der Waals surface area contributed by atoms with Crippen LogP contribution in [-0.4, -0.2) is 31.3 Å². The Morgan fingerprint density at radius 2 is 1.95 bits per heavy atom. The topological polar surface area (TPSA) is 25.4 Å². The minimum Gasteiger partial charge on any atom is -0.381 e. The van der Waals surface area contributed by atoms with Crippen molar-refractivity contribution in [3.8, 4) is 0 Å². The van der Waals surface area contributed by atoms with Crippen LogP contribution in [0.1, 0.15) is 32.4 Å². The Morgan fingerprint density at radius 1 is 1.18 bits per heavy atom. The molecular formula is C19H26N2O. The highest BCUT2D eigenvalue weighted by Gasteiger charge is 2.21. The third-order valence-corrected chi connectivity index (χ3v) is 4.62. The Bertz CT molecular complexity index is 618. The van der Waals surface area contributed by atoms with Crippen molar-refractivity contribution in [3.63, 3.8) is 0 Å². The number of hydrogen-bond acceptors (Lipinski definition) is 3. The van der Waals surface area contributed by atoms with Crippen molar-refractivity contribution in [2.24, 2.45) is 5.92 Å². The van der Waals surface area contributed by atoms with E-state index in [9.17, 15) is 0 Å². The van der Waals surface area contributed by atoms with Crippen LogP contribution in [-0.2, 0) is 11.2 Å². The second-order valence-electron chi connectivity index (χ2n) is 6.09. The van der Waals surface area contributed by atoms with Crippen LogP contribution in [0.5, 0.6) is 0 Å². The van der Waals surface area contributed by atoms with Crippen LogP contribution in [0.2, 0.25) is 0 Å². The molecule has 118 valence electrons. The summed E-state index contributed by atoms with van der Waals surface area (Å²) in [6.45, 7) is 8.24. The molecule has 0 unspecified atom stereocenters. The van der Waals surface area contributed by atoms with E-state index in [1.807, 2.05) is 0 Å². The molecular weight excluding hydrogens is 272 g/mol. The molecule has 0 spiro atoms. The zero-order valence-corrected chi connectivity index (χ0v) is 13.7. The predicted molar refractivity (Wildman–Crippen MR) is 92.6 cm³/mol. The lowest BCUT2D eigenvalue weighted by atomic mass is 9.96. The monoisotopic (exact) mass is 298 g/mol. The molecule has 0 saturated carbocycles. The number of aromatic nitrogens is 1. The van der Waals surface area contributed by atoms with E-state index in [4.69, 9.17) is 9.72 Å². The Morgan fingerprint density at radius 3 is 2.68 bits per heavy atom. The van der Waals surface area contributed by atoms with Gasteiger partial charge in [-0.15, -0.1) is 0 Å². The number of anilines is 1. The lowest BCUT2D eigenvalue weighted by molar-refractivity contribution is 0.100. The highest BCUT2D eigenvalue weighted by Crippen LogP contribution is 2.30. The molecule has 1 aromatic heterocycles. The number of hydrogen-bond donors (Lipinski definition) is 0. The molecule has 2 aromatic rings. The second kappa shape index (κ2) is 7.10. The van der Waals surface area contributed by atoms with Crippen molar-refractivity contribution in [2.45, 2.75) is 33.1 Å². The van der Waals surface area contributed by atoms with Gasteiger partial charge in [0.15, 0.2) is 0 Å². The van der Waals surface area contributed by atoms with Gasteiger partial charge in [0.25, 0.3) is 0 Å². The number of aryl methyl sites for hydroxylation is 1. The Kier molecular flexibility index (Phi) is 4.94. The summed E-state index contributed by atoms with van der Waals surface area (Å²) in [6.07, 6.45) is 3.43. The smallest absolute Gasteiger partial charge is 0.0726 e. The van der Waals surface area contributed by atoms with Gasteiger partial charge in [-0.25, -0.2) is 0 Å². The maximum Gasteiger partial charge on any atom is 0.0726 e. The summed E-state index contributed by atoms with van der Waals surface area (Å²) in [5.41, 5.74) is 3.66. The predicted octanol–water partition coefficient (Wildman–Crippen LogP) is 4.05. The molecule has 1 saturated heterocycles. The van der Waals surface area contributed by atoms with Crippen LogP contribution >= 0.6 is 0 Å². The van der Waals surface area contributed by atoms with Gasteiger partial charge in [0, 0.05) is 43.1 Å². The summed E-state index contributed by atoms with van der Waals surface area (Å²) >= 11 is 0. The molecule has 3 heteroatoms. The van der Waals surface area contributed by atoms with Gasteiger partial charge in [0.1, 0.15) is 0 Å². The van der Waals surface area contributed by atoms with E-state index in [1.165, 1.54) is 29.6 Å². The molecule has 0 radical (unpaired) electrons. The van der Waals surface area contributed by atoms with Crippen LogP contribution in [0.15, 0.2) is 30.3 Å². The van der Waals surface area contributed by atoms with E-state index in [2.05, 4.69) is 49.1 Å². The first-order valence-corrected chi connectivity index (χ1v) is 8.53. The molecule has 0 bridgehead atoms. The number of piperidine rings is 1. The lowest BCUT2D eigenvalue weighted by Crippen LogP contribution is -2.35. The van der Waals surface area contributed by atoms with E-state index < -0.39 is 0 Å². The first-order chi connectivity index (χ1) is 10.8. The molecule has 22 heavy (non-hydrogen) atoms. The summed E-state index contributed by atoms with van der Waals surface area (Å²) < 4.78 is 5.59. The highest BCUT2D eigenvalue weighted by molar-refractivity contribution is 5.92. The minimum absolute atomic E-state index is 0.718. The van der Waals surface area contributed by atoms with Crippen molar-refractivity contribution >= 4 is 16.6 Å². The maximum atomic E-state index is 5.59. The number of nitrogens with zero attached hydrogens (tertiary/aromatic N) is 2. The standard InChI is InChI=1S/C19H26N2O/c1-3-16-13-19(17-7-5-6-8-18(17)20-16)21-11-9-15(10-12-21)14-22-4-2/h5-8,13,15H,3-4,9-12,14H2,1-2H3. The Balaban J connectivity index is 1.81. The van der Waals surface area contributed by atoms with Gasteiger partial charge in [-0.3, -0.25) is 4.98 Å². The van der Waals surface area contributed by atoms with Gasteiger partial charge in [0.2, 0.25) is 0 Å². The fraction of sp³-hybridized carbons (Fsp3) is 0.526. The van der Waals surface area contributed by atoms with E-state index in [1.54, 1.807) is 0 Å². The molecule has 3 nitrogen and oxygen atoms in total. The Hall–Kier alpha value is -1.61. The summed E-state index contributed by atoms with van der Waals surface area (Å²) in [6, 6.07) is 10.8. The zero-order valence-electron chi connectivity index (χ0n) is 13.7. The van der Waals surface area contributed by atoms with Gasteiger partial charge < -0.3 is 9.64 Å². The van der Waals surface area contributed by atoms with Gasteiger partial charge in [-0.1, -0.05) is 25.1 Å². The van der Waals surface area contributed by atoms with Gasteiger partial charge >= 0.3 is 0 Å². The normalized spacial score (nSPS) is 16.4. The number of rotatable bonds is 5. The minimum atomic E-state index is 0.718. The quantitative estimate of drug-likeness (QED) is 0.832. The number of benzene rings is 1. The summed E-state index contributed by atoms with van der Waals surface area (Å²) in [5, 5.41) is 1.28. The third-order valence-electron chi connectivity index (χ3n) is 4.62. The van der Waals surface area contributed by atoms with E-state index >= 15 is 0 Å². The fourth-order valence-corrected chi connectivity index (χ4v) is 3.28. The van der Waals surface area contributed by atoms with E-state index in [0.717, 1.165) is 44.2 Å². The lowest BCUT2D eigenvalue weighted by Gasteiger charge is -2.34. The Labute approximate surface area is 133 Å². The maximum absolute atomic E-state index is 5.59. The van der Waals surface area contributed by atoms with Crippen molar-refractivity contribution in [2.75, 3.05) is 31.2 Å². The summed E-state index contributed by atoms with van der Waals surface area (Å²) in [5.74, 6) is 0.718. The molecule has 0 amide bonds. The van der Waals surface area contributed by atoms with Crippen molar-refractivity contribution in [1.29, 1.82) is 0 Å². The zero-order chi connectivity index (χ0) is 15.4. The fourth-order valence-electron chi connectivity index (χ4n) is 3.28. The average Bonchev–Trinajstić information content (AvgIpc) is 2.59. The highest BCUT2D eigenvalue weighted by atomic mass is 16.5.